The minimum Gasteiger partial charge on any atom is -0.457 e. The first-order chi connectivity index (χ1) is 6.84. The van der Waals surface area contributed by atoms with Gasteiger partial charge in [0.1, 0.15) is 11.5 Å². The molecule has 0 bridgehead atoms. The SMILES string of the molecule is Br[13c]1[13cH][13cH][13c](O[13c]2[13cH][13cH][13cH][13cH][13cH]2)[13cH][13cH]1. The fourth-order valence-corrected chi connectivity index (χ4v) is 1.39. The van der Waals surface area contributed by atoms with Gasteiger partial charge in [-0.3, -0.25) is 0 Å². The van der Waals surface area contributed by atoms with Gasteiger partial charge in [0.15, 0.2) is 0 Å². The molecule has 0 fully saturated rings. The van der Waals surface area contributed by atoms with Crippen molar-refractivity contribution in [3.05, 3.63) is 59.1 Å². The zero-order valence-electron chi connectivity index (χ0n) is 7.48. The Morgan fingerprint density at radius 2 is 1.29 bits per heavy atom. The molecule has 0 aliphatic rings. The van der Waals surface area contributed by atoms with Gasteiger partial charge >= 0.3 is 0 Å². The van der Waals surface area contributed by atoms with Crippen LogP contribution in [0.1, 0.15) is 0 Å². The standard InChI is InChI=1S/C12H9BrO/c13-10-6-8-12(9-7-10)14-11-4-2-1-3-5-11/h1-9H/i1+1,2+1,3+1,4+1,5+1,6+1,7+1,8+1,9+1,10+1,11+1,12+1. The Hall–Kier alpha value is -1.28. The zero-order chi connectivity index (χ0) is 9.80. The quantitative estimate of drug-likeness (QED) is 0.785. The molecule has 2 aromatic rings. The van der Waals surface area contributed by atoms with Crippen molar-refractivity contribution in [3.8, 4) is 11.5 Å². The molecule has 0 aliphatic heterocycles. The van der Waals surface area contributed by atoms with Gasteiger partial charge in [-0.05, 0) is 36.4 Å². The van der Waals surface area contributed by atoms with Crippen LogP contribution in [0.5, 0.6) is 11.5 Å². The number of hydrogen-bond acceptors (Lipinski definition) is 1. The predicted molar refractivity (Wildman–Crippen MR) is 60.7 cm³/mol. The molecule has 0 radical (unpaired) electrons. The Bertz CT molecular complexity index is 394. The molecule has 0 heterocycles. The van der Waals surface area contributed by atoms with Gasteiger partial charge in [0, 0.05) is 4.47 Å². The zero-order valence-corrected chi connectivity index (χ0v) is 9.07. The third-order valence-electron chi connectivity index (χ3n) is 1.79. The molecule has 2 heteroatoms. The largest absolute Gasteiger partial charge is 0.457 e. The highest BCUT2D eigenvalue weighted by Crippen LogP contribution is 2.22. The highest BCUT2D eigenvalue weighted by molar-refractivity contribution is 9.10. The van der Waals surface area contributed by atoms with Crippen molar-refractivity contribution in [2.45, 2.75) is 0 Å². The molecule has 0 aliphatic carbocycles. The van der Waals surface area contributed by atoms with Crippen LogP contribution in [0.3, 0.4) is 0 Å². The number of halogens is 1. The van der Waals surface area contributed by atoms with E-state index < -0.39 is 0 Å². The number of rotatable bonds is 2. The fourth-order valence-electron chi connectivity index (χ4n) is 1.13. The third kappa shape index (κ3) is 2.36. The van der Waals surface area contributed by atoms with E-state index in [0.29, 0.717) is 0 Å². The number of hydrogen-bond donors (Lipinski definition) is 0. The average Bonchev–Trinajstić information content (AvgIpc) is 2.23. The molecular formula is C12H9BrO. The number of para-hydroxylation sites is 1. The first kappa shape index (κ1) is 9.28. The summed E-state index contributed by atoms with van der Waals surface area (Å²) in [6, 6.07) is 17.5. The Balaban J connectivity index is 2.16. The molecule has 70 valence electrons. The molecule has 0 spiro atoms. The molecule has 1 nitrogen and oxygen atoms in total. The van der Waals surface area contributed by atoms with E-state index in [1.54, 1.807) is 0 Å². The first-order valence-corrected chi connectivity index (χ1v) is 5.12. The number of benzene rings is 2. The Morgan fingerprint density at radius 3 is 1.93 bits per heavy atom. The summed E-state index contributed by atoms with van der Waals surface area (Å²) in [5.74, 6) is 1.70. The van der Waals surface area contributed by atoms with Crippen LogP contribution in [-0.4, -0.2) is 0 Å². The topological polar surface area (TPSA) is 9.23 Å². The van der Waals surface area contributed by atoms with E-state index in [9.17, 15) is 0 Å². The summed E-state index contributed by atoms with van der Waals surface area (Å²) in [6.45, 7) is 0. The minimum atomic E-state index is 0.847. The van der Waals surface area contributed by atoms with Crippen LogP contribution < -0.4 is 4.74 Å². The van der Waals surface area contributed by atoms with Crippen LogP contribution >= 0.6 is 15.9 Å². The van der Waals surface area contributed by atoms with Crippen molar-refractivity contribution >= 4 is 15.9 Å². The molecule has 0 saturated carbocycles. The van der Waals surface area contributed by atoms with E-state index >= 15 is 0 Å². The maximum atomic E-state index is 5.61. The van der Waals surface area contributed by atoms with Crippen LogP contribution in [0.15, 0.2) is 59.1 Å². The summed E-state index contributed by atoms with van der Waals surface area (Å²) in [5, 5.41) is 0. The predicted octanol–water partition coefficient (Wildman–Crippen LogP) is 4.24. The Labute approximate surface area is 91.5 Å². The van der Waals surface area contributed by atoms with Crippen LogP contribution in [-0.2, 0) is 0 Å². The lowest BCUT2D eigenvalue weighted by Gasteiger charge is -2.04. The van der Waals surface area contributed by atoms with E-state index in [0.717, 1.165) is 16.0 Å². The lowest BCUT2D eigenvalue weighted by atomic mass is 11.3. The van der Waals surface area contributed by atoms with Gasteiger partial charge in [0.2, 0.25) is 0 Å². The summed E-state index contributed by atoms with van der Waals surface area (Å²) >= 11 is 3.38. The Kier molecular flexibility index (Phi) is 2.84. The van der Waals surface area contributed by atoms with Crippen LogP contribution in [0.2, 0.25) is 0 Å². The van der Waals surface area contributed by atoms with E-state index in [2.05, 4.69) is 15.9 Å². The highest BCUT2D eigenvalue weighted by Gasteiger charge is 1.94. The molecular weight excluding hydrogens is 252 g/mol. The monoisotopic (exact) mass is 260 g/mol. The molecule has 2 rings (SSSR count). The van der Waals surface area contributed by atoms with Gasteiger partial charge < -0.3 is 4.74 Å². The van der Waals surface area contributed by atoms with Crippen LogP contribution in [0, 0.1) is 0 Å². The van der Waals surface area contributed by atoms with Crippen LogP contribution in [0.25, 0.3) is 0 Å². The van der Waals surface area contributed by atoms with Gasteiger partial charge in [-0.25, -0.2) is 0 Å². The normalized spacial score (nSPS) is 9.79. The Morgan fingerprint density at radius 1 is 0.714 bits per heavy atom. The van der Waals surface area contributed by atoms with Crippen molar-refractivity contribution in [1.29, 1.82) is 0 Å². The van der Waals surface area contributed by atoms with Crippen molar-refractivity contribution < 1.29 is 4.74 Å². The van der Waals surface area contributed by atoms with E-state index in [1.807, 2.05) is 54.6 Å². The first-order valence-electron chi connectivity index (χ1n) is 4.33. The lowest BCUT2D eigenvalue weighted by molar-refractivity contribution is 0.482. The molecule has 0 aromatic heterocycles. The molecule has 0 amide bonds. The maximum absolute atomic E-state index is 5.61. The summed E-state index contributed by atoms with van der Waals surface area (Å²) in [6.07, 6.45) is 0. The van der Waals surface area contributed by atoms with E-state index in [1.165, 1.54) is 0 Å². The second kappa shape index (κ2) is 4.29. The smallest absolute Gasteiger partial charge is 0.127 e. The molecule has 0 atom stereocenters. The van der Waals surface area contributed by atoms with Crippen molar-refractivity contribution in [2.75, 3.05) is 0 Å². The number of ether oxygens (including phenoxy) is 1. The van der Waals surface area contributed by atoms with Crippen molar-refractivity contribution in [2.24, 2.45) is 0 Å². The second-order valence-electron chi connectivity index (χ2n) is 2.87. The van der Waals surface area contributed by atoms with Gasteiger partial charge in [-0.1, -0.05) is 34.1 Å². The maximum Gasteiger partial charge on any atom is 0.127 e. The summed E-state index contributed by atoms with van der Waals surface area (Å²) in [4.78, 5) is 0. The van der Waals surface area contributed by atoms with E-state index in [-0.39, 0.29) is 0 Å². The molecule has 0 saturated heterocycles. The molecule has 0 unspecified atom stereocenters. The summed E-state index contributed by atoms with van der Waals surface area (Å²) in [7, 11) is 0. The molecule has 0 N–H and O–H groups in total. The van der Waals surface area contributed by atoms with Gasteiger partial charge in [-0.15, -0.1) is 0 Å². The minimum absolute atomic E-state index is 0.847. The lowest BCUT2D eigenvalue weighted by Crippen LogP contribution is -1.82. The van der Waals surface area contributed by atoms with E-state index in [4.69, 9.17) is 4.74 Å². The van der Waals surface area contributed by atoms with Crippen molar-refractivity contribution in [1.82, 2.24) is 0 Å². The third-order valence-corrected chi connectivity index (χ3v) is 2.32. The molecule has 14 heavy (non-hydrogen) atoms. The van der Waals surface area contributed by atoms with Gasteiger partial charge in [0.25, 0.3) is 0 Å². The second-order valence-corrected chi connectivity index (χ2v) is 3.78. The van der Waals surface area contributed by atoms with Gasteiger partial charge in [-0.2, -0.15) is 0 Å². The summed E-state index contributed by atoms with van der Waals surface area (Å²) in [5.41, 5.74) is 0. The van der Waals surface area contributed by atoms with Crippen LogP contribution in [0.4, 0.5) is 0 Å². The highest BCUT2D eigenvalue weighted by atomic mass is 79.9. The van der Waals surface area contributed by atoms with Crippen molar-refractivity contribution in [3.63, 3.8) is 0 Å². The van der Waals surface area contributed by atoms with Gasteiger partial charge in [0.05, 0.1) is 0 Å². The average molecular weight is 261 g/mol. The molecule has 2 aromatic carbocycles. The fraction of sp³-hybridized carbons (Fsp3) is 0. The summed E-state index contributed by atoms with van der Waals surface area (Å²) < 4.78 is 6.67.